The number of anilines is 3. The molecule has 5 heteroatoms. The van der Waals surface area contributed by atoms with E-state index in [1.54, 1.807) is 12.4 Å². The molecule has 0 unspecified atom stereocenters. The molecule has 45 heavy (non-hydrogen) atoms. The van der Waals surface area contributed by atoms with E-state index in [1.807, 2.05) is 30.3 Å². The number of rotatable bonds is 5. The first-order valence-corrected chi connectivity index (χ1v) is 14.9. The number of hydrogen-bond acceptors (Lipinski definition) is 5. The summed E-state index contributed by atoms with van der Waals surface area (Å²) < 4.78 is 12.5. The summed E-state index contributed by atoms with van der Waals surface area (Å²) in [4.78, 5) is 11.2. The van der Waals surface area contributed by atoms with Gasteiger partial charge in [0, 0.05) is 63.0 Å². The Hall–Kier alpha value is -6.20. The van der Waals surface area contributed by atoms with Gasteiger partial charge in [0.1, 0.15) is 11.2 Å². The van der Waals surface area contributed by atoms with Crippen molar-refractivity contribution in [2.75, 3.05) is 4.90 Å². The Kier molecular flexibility index (Phi) is 5.74. The van der Waals surface area contributed by atoms with E-state index < -0.39 is 0 Å². The molecule has 0 saturated heterocycles. The zero-order valence-electron chi connectivity index (χ0n) is 24.1. The van der Waals surface area contributed by atoms with Gasteiger partial charge in [-0.05, 0) is 71.3 Å². The fourth-order valence-electron chi connectivity index (χ4n) is 6.29. The van der Waals surface area contributed by atoms with Gasteiger partial charge in [0.25, 0.3) is 0 Å². The summed E-state index contributed by atoms with van der Waals surface area (Å²) in [6.45, 7) is 0. The molecule has 0 spiro atoms. The lowest BCUT2D eigenvalue weighted by Gasteiger charge is -2.28. The predicted molar refractivity (Wildman–Crippen MR) is 182 cm³/mol. The van der Waals surface area contributed by atoms with Crippen LogP contribution in [0.3, 0.4) is 0 Å². The summed E-state index contributed by atoms with van der Waals surface area (Å²) in [5, 5.41) is 4.07. The second-order valence-electron chi connectivity index (χ2n) is 11.1. The Balaban J connectivity index is 1.24. The number of benzene rings is 5. The molecule has 0 N–H and O–H groups in total. The SMILES string of the molecule is c1ccc(-c2ccc(-c3ccccc3N(c3ccc4c(c3)oc3ncccc34)c3ccc4c(c3)oc3ncccc34)cc2)cc1. The maximum Gasteiger partial charge on any atom is 0.227 e. The van der Waals surface area contributed by atoms with Crippen LogP contribution in [0.25, 0.3) is 66.4 Å². The highest BCUT2D eigenvalue weighted by atomic mass is 16.3. The third-order valence-corrected chi connectivity index (χ3v) is 8.43. The Morgan fingerprint density at radius 2 is 0.956 bits per heavy atom. The van der Waals surface area contributed by atoms with E-state index in [-0.39, 0.29) is 0 Å². The predicted octanol–water partition coefficient (Wildman–Crippen LogP) is 11.1. The van der Waals surface area contributed by atoms with Crippen molar-refractivity contribution in [3.63, 3.8) is 0 Å². The topological polar surface area (TPSA) is 55.3 Å². The fourth-order valence-corrected chi connectivity index (χ4v) is 6.29. The maximum absolute atomic E-state index is 6.23. The summed E-state index contributed by atoms with van der Waals surface area (Å²) in [5.74, 6) is 0. The molecule has 4 aromatic heterocycles. The molecular formula is C40H25N3O2. The molecule has 5 nitrogen and oxygen atoms in total. The van der Waals surface area contributed by atoms with Gasteiger partial charge in [0.2, 0.25) is 11.4 Å². The van der Waals surface area contributed by atoms with Gasteiger partial charge in [0.05, 0.1) is 5.69 Å². The zero-order valence-corrected chi connectivity index (χ0v) is 24.1. The second-order valence-corrected chi connectivity index (χ2v) is 11.1. The first kappa shape index (κ1) is 25.3. The van der Waals surface area contributed by atoms with Crippen molar-refractivity contribution in [3.05, 3.63) is 152 Å². The average molecular weight is 580 g/mol. The Bertz CT molecular complexity index is 2380. The van der Waals surface area contributed by atoms with Crippen LogP contribution in [-0.2, 0) is 0 Å². The number of aromatic nitrogens is 2. The van der Waals surface area contributed by atoms with Crippen molar-refractivity contribution in [3.8, 4) is 22.3 Å². The van der Waals surface area contributed by atoms with E-state index >= 15 is 0 Å². The Morgan fingerprint density at radius 1 is 0.422 bits per heavy atom. The normalized spacial score (nSPS) is 11.6. The van der Waals surface area contributed by atoms with Crippen LogP contribution in [0.15, 0.2) is 161 Å². The van der Waals surface area contributed by atoms with Crippen LogP contribution in [-0.4, -0.2) is 9.97 Å². The van der Waals surface area contributed by atoms with Gasteiger partial charge < -0.3 is 13.7 Å². The first-order chi connectivity index (χ1) is 22.3. The van der Waals surface area contributed by atoms with Crippen LogP contribution in [0.4, 0.5) is 17.1 Å². The molecule has 212 valence electrons. The molecule has 0 amide bonds. The molecule has 0 aliphatic rings. The molecule has 0 aliphatic carbocycles. The van der Waals surface area contributed by atoms with E-state index in [2.05, 4.69) is 124 Å². The lowest BCUT2D eigenvalue weighted by Crippen LogP contribution is -2.11. The maximum atomic E-state index is 6.23. The molecule has 9 aromatic rings. The second kappa shape index (κ2) is 10.2. The lowest BCUT2D eigenvalue weighted by molar-refractivity contribution is 0.654. The molecule has 0 radical (unpaired) electrons. The van der Waals surface area contributed by atoms with E-state index in [9.17, 15) is 0 Å². The van der Waals surface area contributed by atoms with Crippen molar-refractivity contribution in [1.82, 2.24) is 9.97 Å². The number of nitrogens with zero attached hydrogens (tertiary/aromatic N) is 3. The van der Waals surface area contributed by atoms with Crippen LogP contribution < -0.4 is 4.90 Å². The smallest absolute Gasteiger partial charge is 0.227 e. The van der Waals surface area contributed by atoms with Gasteiger partial charge in [-0.3, -0.25) is 0 Å². The highest BCUT2D eigenvalue weighted by Crippen LogP contribution is 2.44. The van der Waals surface area contributed by atoms with Gasteiger partial charge in [-0.2, -0.15) is 0 Å². The van der Waals surface area contributed by atoms with Gasteiger partial charge in [0.15, 0.2) is 0 Å². The number of para-hydroxylation sites is 1. The highest BCUT2D eigenvalue weighted by Gasteiger charge is 2.20. The van der Waals surface area contributed by atoms with Crippen LogP contribution in [0.1, 0.15) is 0 Å². The fraction of sp³-hybridized carbons (Fsp3) is 0. The van der Waals surface area contributed by atoms with Crippen molar-refractivity contribution in [2.45, 2.75) is 0 Å². The van der Waals surface area contributed by atoms with E-state index in [4.69, 9.17) is 8.83 Å². The summed E-state index contributed by atoms with van der Waals surface area (Å²) in [5.41, 5.74) is 10.4. The minimum Gasteiger partial charge on any atom is -0.438 e. The van der Waals surface area contributed by atoms with E-state index in [1.165, 1.54) is 11.1 Å². The number of hydrogen-bond donors (Lipinski definition) is 0. The average Bonchev–Trinajstić information content (AvgIpc) is 3.67. The van der Waals surface area contributed by atoms with Crippen LogP contribution in [0, 0.1) is 0 Å². The molecule has 0 saturated carbocycles. The van der Waals surface area contributed by atoms with Crippen LogP contribution in [0.5, 0.6) is 0 Å². The largest absolute Gasteiger partial charge is 0.438 e. The first-order valence-electron chi connectivity index (χ1n) is 14.9. The standard InChI is InChI=1S/C40H25N3O2/c1-2-8-26(9-3-1)27-14-16-28(17-15-27)31-10-4-5-13-36(31)43(29-18-20-32-34-11-6-22-41-39(34)44-37(32)24-29)30-19-21-33-35-12-7-23-42-40(35)45-38(33)25-30/h1-25H. The van der Waals surface area contributed by atoms with Crippen molar-refractivity contribution >= 4 is 61.2 Å². The monoisotopic (exact) mass is 579 g/mol. The van der Waals surface area contributed by atoms with E-state index in [0.29, 0.717) is 11.4 Å². The van der Waals surface area contributed by atoms with Crippen LogP contribution >= 0.6 is 0 Å². The molecule has 0 bridgehead atoms. The quantitative estimate of drug-likeness (QED) is 0.203. The molecule has 0 aliphatic heterocycles. The van der Waals surface area contributed by atoms with Gasteiger partial charge in [-0.15, -0.1) is 0 Å². The van der Waals surface area contributed by atoms with Crippen molar-refractivity contribution < 1.29 is 8.83 Å². The Labute approximate surface area is 258 Å². The van der Waals surface area contributed by atoms with E-state index in [0.717, 1.165) is 60.9 Å². The number of fused-ring (bicyclic) bond motifs is 6. The molecular weight excluding hydrogens is 554 g/mol. The molecule has 4 heterocycles. The van der Waals surface area contributed by atoms with Crippen molar-refractivity contribution in [1.29, 1.82) is 0 Å². The summed E-state index contributed by atoms with van der Waals surface area (Å²) in [6, 6.07) is 48.4. The molecule has 5 aromatic carbocycles. The summed E-state index contributed by atoms with van der Waals surface area (Å²) >= 11 is 0. The van der Waals surface area contributed by atoms with Gasteiger partial charge in [-0.25, -0.2) is 9.97 Å². The summed E-state index contributed by atoms with van der Waals surface area (Å²) in [6.07, 6.45) is 3.52. The molecule has 9 rings (SSSR count). The number of pyridine rings is 2. The van der Waals surface area contributed by atoms with Crippen molar-refractivity contribution in [2.24, 2.45) is 0 Å². The van der Waals surface area contributed by atoms with Gasteiger partial charge in [-0.1, -0.05) is 72.8 Å². The minimum atomic E-state index is 0.631. The Morgan fingerprint density at radius 3 is 1.58 bits per heavy atom. The molecule has 0 atom stereocenters. The van der Waals surface area contributed by atoms with Gasteiger partial charge >= 0.3 is 0 Å². The summed E-state index contributed by atoms with van der Waals surface area (Å²) in [7, 11) is 0. The lowest BCUT2D eigenvalue weighted by atomic mass is 9.98. The number of furan rings is 2. The minimum absolute atomic E-state index is 0.631. The molecule has 0 fully saturated rings. The highest BCUT2D eigenvalue weighted by molar-refractivity contribution is 6.07. The van der Waals surface area contributed by atoms with Crippen LogP contribution in [0.2, 0.25) is 0 Å². The third-order valence-electron chi connectivity index (χ3n) is 8.43. The third kappa shape index (κ3) is 4.25. The zero-order chi connectivity index (χ0) is 29.7.